The lowest BCUT2D eigenvalue weighted by Gasteiger charge is -2.13. The Morgan fingerprint density at radius 3 is 2.48 bits per heavy atom. The van der Waals surface area contributed by atoms with Crippen molar-refractivity contribution in [1.29, 1.82) is 0 Å². The van der Waals surface area contributed by atoms with Gasteiger partial charge in [-0.3, -0.25) is 0 Å². The maximum absolute atomic E-state index is 6.12. The first kappa shape index (κ1) is 15.9. The number of ether oxygens (including phenoxy) is 1. The zero-order valence-electron chi connectivity index (χ0n) is 11.0. The van der Waals surface area contributed by atoms with E-state index in [0.29, 0.717) is 27.4 Å². The van der Waals surface area contributed by atoms with E-state index >= 15 is 0 Å². The maximum atomic E-state index is 6.12. The number of benzene rings is 2. The van der Waals surface area contributed by atoms with Gasteiger partial charge in [0, 0.05) is 22.2 Å². The Balaban J connectivity index is 2.15. The maximum Gasteiger partial charge on any atom is 0.148 e. The highest BCUT2D eigenvalue weighted by Crippen LogP contribution is 2.28. The molecule has 0 saturated heterocycles. The van der Waals surface area contributed by atoms with Crippen LogP contribution in [-0.4, -0.2) is 6.61 Å². The summed E-state index contributed by atoms with van der Waals surface area (Å²) in [6.45, 7) is 0.706. The summed E-state index contributed by atoms with van der Waals surface area (Å²) in [6, 6.07) is 10.6. The van der Waals surface area contributed by atoms with Crippen molar-refractivity contribution in [3.63, 3.8) is 0 Å². The number of hydrogen-bond acceptors (Lipinski definition) is 2. The summed E-state index contributed by atoms with van der Waals surface area (Å²) in [5.74, 6) is 3.13. The smallest absolute Gasteiger partial charge is 0.148 e. The van der Waals surface area contributed by atoms with Crippen molar-refractivity contribution < 1.29 is 4.74 Å². The standard InChI is InChI=1S/C16H12Cl3NO/c1-2-7-21-16-6-4-12(17)8-11(16)10-20-15-5-3-13(18)9-14(15)19/h1,3-6,8-9,20H,7,10H2. The molecule has 1 N–H and O–H groups in total. The first-order valence-corrected chi connectivity index (χ1v) is 7.27. The Bertz CT molecular complexity index is 680. The zero-order chi connectivity index (χ0) is 15.2. The third-order valence-corrected chi connectivity index (χ3v) is 3.52. The van der Waals surface area contributed by atoms with E-state index in [0.717, 1.165) is 11.3 Å². The minimum Gasteiger partial charge on any atom is -0.481 e. The van der Waals surface area contributed by atoms with E-state index in [4.69, 9.17) is 46.0 Å². The minimum atomic E-state index is 0.205. The van der Waals surface area contributed by atoms with E-state index < -0.39 is 0 Å². The normalized spacial score (nSPS) is 10.0. The molecule has 0 saturated carbocycles. The molecular weight excluding hydrogens is 329 g/mol. The molecule has 0 unspecified atom stereocenters. The molecule has 0 atom stereocenters. The number of nitrogens with one attached hydrogen (secondary N) is 1. The molecular formula is C16H12Cl3NO. The van der Waals surface area contributed by atoms with Crippen LogP contribution in [0.5, 0.6) is 5.75 Å². The Morgan fingerprint density at radius 1 is 1.05 bits per heavy atom. The van der Waals surface area contributed by atoms with Crippen molar-refractivity contribution in [2.45, 2.75) is 6.54 Å². The molecule has 0 heterocycles. The number of terminal acetylenes is 1. The molecule has 0 aliphatic heterocycles. The third kappa shape index (κ3) is 4.47. The third-order valence-electron chi connectivity index (χ3n) is 2.73. The Hall–Kier alpha value is -1.53. The van der Waals surface area contributed by atoms with Gasteiger partial charge in [-0.1, -0.05) is 40.7 Å². The van der Waals surface area contributed by atoms with Crippen LogP contribution >= 0.6 is 34.8 Å². The Kier molecular flexibility index (Phi) is 5.64. The van der Waals surface area contributed by atoms with Crippen LogP contribution in [0.1, 0.15) is 5.56 Å². The fraction of sp³-hybridized carbons (Fsp3) is 0.125. The van der Waals surface area contributed by atoms with Crippen molar-refractivity contribution >= 4 is 40.5 Å². The average Bonchev–Trinajstić information content (AvgIpc) is 2.45. The lowest BCUT2D eigenvalue weighted by Crippen LogP contribution is -2.04. The minimum absolute atomic E-state index is 0.205. The lowest BCUT2D eigenvalue weighted by atomic mass is 10.2. The number of rotatable bonds is 5. The van der Waals surface area contributed by atoms with Gasteiger partial charge in [-0.25, -0.2) is 0 Å². The van der Waals surface area contributed by atoms with Gasteiger partial charge in [-0.2, -0.15) is 0 Å². The molecule has 0 fully saturated rings. The molecule has 0 amide bonds. The number of anilines is 1. The summed E-state index contributed by atoms with van der Waals surface area (Å²) in [4.78, 5) is 0. The second-order valence-corrected chi connectivity index (χ2v) is 5.50. The van der Waals surface area contributed by atoms with Gasteiger partial charge in [0.1, 0.15) is 12.4 Å². The number of hydrogen-bond donors (Lipinski definition) is 1. The van der Waals surface area contributed by atoms with Crippen LogP contribution < -0.4 is 10.1 Å². The van der Waals surface area contributed by atoms with Crippen molar-refractivity contribution in [2.75, 3.05) is 11.9 Å². The predicted octanol–water partition coefficient (Wildman–Crippen LogP) is 5.27. The summed E-state index contributed by atoms with van der Waals surface area (Å²) in [5, 5.41) is 4.99. The van der Waals surface area contributed by atoms with Crippen molar-refractivity contribution in [1.82, 2.24) is 0 Å². The molecule has 0 aliphatic rings. The molecule has 2 aromatic rings. The molecule has 5 heteroatoms. The Morgan fingerprint density at radius 2 is 1.76 bits per heavy atom. The highest BCUT2D eigenvalue weighted by Gasteiger charge is 2.06. The molecule has 0 aliphatic carbocycles. The van der Waals surface area contributed by atoms with Crippen LogP contribution in [0.4, 0.5) is 5.69 Å². The van der Waals surface area contributed by atoms with Gasteiger partial charge in [-0.05, 0) is 36.4 Å². The molecule has 2 aromatic carbocycles. The van der Waals surface area contributed by atoms with Crippen molar-refractivity contribution in [3.8, 4) is 18.1 Å². The summed E-state index contributed by atoms with van der Waals surface area (Å²) in [6.07, 6.45) is 5.21. The van der Waals surface area contributed by atoms with Crippen LogP contribution in [0.15, 0.2) is 36.4 Å². The molecule has 2 rings (SSSR count). The van der Waals surface area contributed by atoms with Gasteiger partial charge >= 0.3 is 0 Å². The van der Waals surface area contributed by atoms with E-state index in [1.165, 1.54) is 0 Å². The van der Waals surface area contributed by atoms with Gasteiger partial charge in [0.15, 0.2) is 0 Å². The molecule has 108 valence electrons. The van der Waals surface area contributed by atoms with Crippen LogP contribution in [0, 0.1) is 12.3 Å². The van der Waals surface area contributed by atoms with E-state index in [2.05, 4.69) is 11.2 Å². The lowest BCUT2D eigenvalue weighted by molar-refractivity contribution is 0.366. The SMILES string of the molecule is C#CCOc1ccc(Cl)cc1CNc1ccc(Cl)cc1Cl. The molecule has 0 radical (unpaired) electrons. The van der Waals surface area contributed by atoms with E-state index in [1.807, 2.05) is 12.1 Å². The van der Waals surface area contributed by atoms with Crippen LogP contribution in [0.25, 0.3) is 0 Å². The van der Waals surface area contributed by atoms with Gasteiger partial charge in [0.2, 0.25) is 0 Å². The molecule has 0 bridgehead atoms. The second-order valence-electron chi connectivity index (χ2n) is 4.22. The largest absolute Gasteiger partial charge is 0.481 e. The summed E-state index contributed by atoms with van der Waals surface area (Å²) >= 11 is 18.0. The van der Waals surface area contributed by atoms with E-state index in [-0.39, 0.29) is 6.61 Å². The first-order chi connectivity index (χ1) is 10.1. The Labute approximate surface area is 139 Å². The highest BCUT2D eigenvalue weighted by atomic mass is 35.5. The van der Waals surface area contributed by atoms with Crippen molar-refractivity contribution in [3.05, 3.63) is 57.0 Å². The van der Waals surface area contributed by atoms with E-state index in [1.54, 1.807) is 24.3 Å². The summed E-state index contributed by atoms with van der Waals surface area (Å²) in [5.41, 5.74) is 1.67. The number of halogens is 3. The average molecular weight is 341 g/mol. The molecule has 2 nitrogen and oxygen atoms in total. The van der Waals surface area contributed by atoms with Gasteiger partial charge in [0.05, 0.1) is 10.7 Å². The van der Waals surface area contributed by atoms with Crippen molar-refractivity contribution in [2.24, 2.45) is 0 Å². The van der Waals surface area contributed by atoms with Crippen LogP contribution in [-0.2, 0) is 6.54 Å². The van der Waals surface area contributed by atoms with Crippen LogP contribution in [0.3, 0.4) is 0 Å². The van der Waals surface area contributed by atoms with Crippen LogP contribution in [0.2, 0.25) is 15.1 Å². The monoisotopic (exact) mass is 339 g/mol. The molecule has 0 aromatic heterocycles. The van der Waals surface area contributed by atoms with Gasteiger partial charge in [0.25, 0.3) is 0 Å². The van der Waals surface area contributed by atoms with Gasteiger partial charge in [-0.15, -0.1) is 6.42 Å². The summed E-state index contributed by atoms with van der Waals surface area (Å²) in [7, 11) is 0. The topological polar surface area (TPSA) is 21.3 Å². The van der Waals surface area contributed by atoms with E-state index in [9.17, 15) is 0 Å². The summed E-state index contributed by atoms with van der Waals surface area (Å²) < 4.78 is 5.49. The quantitative estimate of drug-likeness (QED) is 0.749. The zero-order valence-corrected chi connectivity index (χ0v) is 13.3. The molecule has 21 heavy (non-hydrogen) atoms. The fourth-order valence-electron chi connectivity index (χ4n) is 1.77. The fourth-order valence-corrected chi connectivity index (χ4v) is 2.44. The second kappa shape index (κ2) is 7.47. The predicted molar refractivity (Wildman–Crippen MR) is 89.6 cm³/mol. The highest BCUT2D eigenvalue weighted by molar-refractivity contribution is 6.36. The van der Waals surface area contributed by atoms with Gasteiger partial charge < -0.3 is 10.1 Å². The first-order valence-electron chi connectivity index (χ1n) is 6.14. The molecule has 0 spiro atoms.